The molecule has 0 spiro atoms. The summed E-state index contributed by atoms with van der Waals surface area (Å²) >= 11 is 1.06. The number of nitrogens with one attached hydrogen (secondary N) is 1. The molecular weight excluding hydrogens is 405 g/mol. The number of anilines is 3. The minimum atomic E-state index is -0.733. The second kappa shape index (κ2) is 7.52. The summed E-state index contributed by atoms with van der Waals surface area (Å²) in [6.07, 6.45) is 0. The summed E-state index contributed by atoms with van der Waals surface area (Å²) < 4.78 is 21.1. The van der Waals surface area contributed by atoms with E-state index in [-0.39, 0.29) is 22.4 Å². The molecule has 2 heterocycles. The van der Waals surface area contributed by atoms with Crippen molar-refractivity contribution in [2.24, 2.45) is 19.9 Å². The molecule has 0 saturated heterocycles. The molecular formula is C16H18FN7O4S. The maximum Gasteiger partial charge on any atom is 0.332 e. The van der Waals surface area contributed by atoms with Gasteiger partial charge in [-0.05, 0) is 6.07 Å². The molecule has 0 atom stereocenters. The van der Waals surface area contributed by atoms with Crippen molar-refractivity contribution < 1.29 is 13.9 Å². The fourth-order valence-electron chi connectivity index (χ4n) is 2.64. The molecule has 0 saturated carbocycles. The van der Waals surface area contributed by atoms with E-state index in [2.05, 4.69) is 10.3 Å². The van der Waals surface area contributed by atoms with E-state index in [0.29, 0.717) is 10.2 Å². The predicted molar refractivity (Wildman–Crippen MR) is 108 cm³/mol. The minimum Gasteiger partial charge on any atom is -0.494 e. The van der Waals surface area contributed by atoms with E-state index >= 15 is 0 Å². The number of carbonyl (C=O) groups excluding carboxylic acids is 1. The molecule has 5 N–H and O–H groups in total. The number of aromatic nitrogens is 3. The lowest BCUT2D eigenvalue weighted by atomic mass is 10.3. The smallest absolute Gasteiger partial charge is 0.332 e. The Morgan fingerprint density at radius 1 is 1.34 bits per heavy atom. The highest BCUT2D eigenvalue weighted by molar-refractivity contribution is 7.22. The van der Waals surface area contributed by atoms with Gasteiger partial charge in [-0.25, -0.2) is 20.0 Å². The Morgan fingerprint density at radius 3 is 2.69 bits per heavy atom. The Kier molecular flexibility index (Phi) is 5.26. The molecule has 11 nitrogen and oxygen atoms in total. The Balaban J connectivity index is 1.82. The van der Waals surface area contributed by atoms with Crippen molar-refractivity contribution in [3.63, 3.8) is 0 Å². The number of nitrogens with two attached hydrogens (primary N) is 2. The first kappa shape index (κ1) is 20.3. The number of hydrazine groups is 1. The van der Waals surface area contributed by atoms with Gasteiger partial charge >= 0.3 is 5.69 Å². The topological polar surface area (TPSA) is 150 Å². The van der Waals surface area contributed by atoms with Crippen molar-refractivity contribution in [2.45, 2.75) is 0 Å². The highest BCUT2D eigenvalue weighted by atomic mass is 32.1. The van der Waals surface area contributed by atoms with Gasteiger partial charge in [0.25, 0.3) is 5.56 Å². The molecule has 0 aliphatic rings. The molecule has 0 aliphatic heterocycles. The number of nitrogens with zero attached hydrogens (tertiary/aromatic N) is 4. The van der Waals surface area contributed by atoms with E-state index in [9.17, 15) is 18.8 Å². The number of hydrogen-bond donors (Lipinski definition) is 3. The van der Waals surface area contributed by atoms with Gasteiger partial charge in [-0.3, -0.25) is 23.7 Å². The number of hydrogen-bond acceptors (Lipinski definition) is 9. The number of amides is 1. The summed E-state index contributed by atoms with van der Waals surface area (Å²) in [6.45, 7) is -0.439. The van der Waals surface area contributed by atoms with Crippen molar-refractivity contribution in [3.8, 4) is 5.75 Å². The monoisotopic (exact) mass is 423 g/mol. The van der Waals surface area contributed by atoms with Crippen LogP contribution in [0.25, 0.3) is 10.2 Å². The standard InChI is InChI=1S/C16H18FN7O4S/c1-22-13(18)12(14(26)23(2)16(22)27)24(19)6-11(25)21-15-20-8-5-9(28-3)7(17)4-10(8)29-15/h4-5H,6,18-19H2,1-3H3,(H,20,21,25). The van der Waals surface area contributed by atoms with Crippen molar-refractivity contribution in [1.29, 1.82) is 0 Å². The summed E-state index contributed by atoms with van der Waals surface area (Å²) in [6, 6.07) is 2.67. The highest BCUT2D eigenvalue weighted by Crippen LogP contribution is 2.31. The fraction of sp³-hybridized carbons (Fsp3) is 0.250. The molecule has 0 radical (unpaired) electrons. The Bertz CT molecular complexity index is 1230. The van der Waals surface area contributed by atoms with Crippen LogP contribution in [0.15, 0.2) is 21.7 Å². The summed E-state index contributed by atoms with van der Waals surface area (Å²) in [7, 11) is 3.99. The van der Waals surface area contributed by atoms with Gasteiger partial charge in [-0.2, -0.15) is 0 Å². The minimum absolute atomic E-state index is 0.0369. The first-order valence-electron chi connectivity index (χ1n) is 8.15. The molecule has 13 heteroatoms. The Labute approximate surface area is 166 Å². The number of nitrogen functional groups attached to an aromatic ring is 1. The number of benzene rings is 1. The predicted octanol–water partition coefficient (Wildman–Crippen LogP) is -0.258. The zero-order valence-corrected chi connectivity index (χ0v) is 16.5. The first-order chi connectivity index (χ1) is 13.6. The van der Waals surface area contributed by atoms with Crippen LogP contribution in [0.3, 0.4) is 0 Å². The average Bonchev–Trinajstić information content (AvgIpc) is 3.04. The van der Waals surface area contributed by atoms with Gasteiger partial charge in [0.2, 0.25) is 5.91 Å². The molecule has 1 amide bonds. The van der Waals surface area contributed by atoms with Crippen LogP contribution in [0.2, 0.25) is 0 Å². The first-order valence-corrected chi connectivity index (χ1v) is 8.97. The van der Waals surface area contributed by atoms with E-state index in [1.165, 1.54) is 33.3 Å². The Hall–Kier alpha value is -3.45. The molecule has 0 fully saturated rings. The quantitative estimate of drug-likeness (QED) is 0.375. The van der Waals surface area contributed by atoms with Crippen LogP contribution in [0.1, 0.15) is 0 Å². The zero-order valence-electron chi connectivity index (χ0n) is 15.7. The summed E-state index contributed by atoms with van der Waals surface area (Å²) in [5, 5.41) is 3.60. The van der Waals surface area contributed by atoms with Crippen LogP contribution in [-0.4, -0.2) is 33.7 Å². The third-order valence-corrected chi connectivity index (χ3v) is 5.13. The summed E-state index contributed by atoms with van der Waals surface area (Å²) in [4.78, 5) is 40.7. The molecule has 0 bridgehead atoms. The SMILES string of the molecule is COc1cc2nc(NC(=O)CN(N)c3c(N)n(C)c(=O)n(C)c3=O)sc2cc1F. The summed E-state index contributed by atoms with van der Waals surface area (Å²) in [5.74, 6) is 4.58. The van der Waals surface area contributed by atoms with Gasteiger partial charge in [0.15, 0.2) is 22.4 Å². The van der Waals surface area contributed by atoms with Gasteiger partial charge in [0.05, 0.1) is 17.3 Å². The van der Waals surface area contributed by atoms with E-state index in [1.54, 1.807) is 0 Å². The van der Waals surface area contributed by atoms with Gasteiger partial charge < -0.3 is 15.8 Å². The van der Waals surface area contributed by atoms with Gasteiger partial charge in [0, 0.05) is 20.2 Å². The molecule has 0 aliphatic carbocycles. The third kappa shape index (κ3) is 3.64. The van der Waals surface area contributed by atoms with Gasteiger partial charge in [0.1, 0.15) is 12.4 Å². The molecule has 3 aromatic rings. The van der Waals surface area contributed by atoms with E-state index in [1.807, 2.05) is 0 Å². The van der Waals surface area contributed by atoms with Crippen molar-refractivity contribution in [1.82, 2.24) is 14.1 Å². The van der Waals surface area contributed by atoms with Crippen LogP contribution >= 0.6 is 11.3 Å². The third-order valence-electron chi connectivity index (χ3n) is 4.19. The number of thiazole rings is 1. The van der Waals surface area contributed by atoms with Crippen molar-refractivity contribution in [3.05, 3.63) is 38.8 Å². The zero-order chi connectivity index (χ0) is 21.5. The van der Waals surface area contributed by atoms with Crippen LogP contribution in [-0.2, 0) is 18.9 Å². The van der Waals surface area contributed by atoms with Gasteiger partial charge in [-0.1, -0.05) is 11.3 Å². The Morgan fingerprint density at radius 2 is 2.03 bits per heavy atom. The van der Waals surface area contributed by atoms with Crippen LogP contribution in [0.5, 0.6) is 5.75 Å². The molecule has 1 aromatic carbocycles. The maximum atomic E-state index is 13.8. The van der Waals surface area contributed by atoms with Crippen LogP contribution < -0.4 is 37.9 Å². The number of ether oxygens (including phenoxy) is 1. The van der Waals surface area contributed by atoms with Crippen LogP contribution in [0.4, 0.5) is 21.0 Å². The second-order valence-electron chi connectivity index (χ2n) is 6.09. The fourth-order valence-corrected chi connectivity index (χ4v) is 3.53. The lowest BCUT2D eigenvalue weighted by Gasteiger charge is -2.20. The normalized spacial score (nSPS) is 10.9. The average molecular weight is 423 g/mol. The molecule has 29 heavy (non-hydrogen) atoms. The highest BCUT2D eigenvalue weighted by Gasteiger charge is 2.20. The molecule has 3 rings (SSSR count). The number of carbonyl (C=O) groups is 1. The lowest BCUT2D eigenvalue weighted by molar-refractivity contribution is -0.115. The number of methoxy groups -OCH3 is 1. The van der Waals surface area contributed by atoms with Gasteiger partial charge in [-0.15, -0.1) is 0 Å². The van der Waals surface area contributed by atoms with Crippen molar-refractivity contribution in [2.75, 3.05) is 29.7 Å². The number of halogens is 1. The lowest BCUT2D eigenvalue weighted by Crippen LogP contribution is -2.47. The van der Waals surface area contributed by atoms with E-state index < -0.39 is 29.5 Å². The second-order valence-corrected chi connectivity index (χ2v) is 7.12. The number of rotatable bonds is 5. The molecule has 154 valence electrons. The summed E-state index contributed by atoms with van der Waals surface area (Å²) in [5.41, 5.74) is 4.72. The molecule has 2 aromatic heterocycles. The molecule has 0 unspecified atom stereocenters. The van der Waals surface area contributed by atoms with Crippen molar-refractivity contribution >= 4 is 44.1 Å². The van der Waals surface area contributed by atoms with E-state index in [4.69, 9.17) is 16.3 Å². The van der Waals surface area contributed by atoms with Crippen LogP contribution in [0, 0.1) is 5.82 Å². The largest absolute Gasteiger partial charge is 0.494 e. The number of fused-ring (bicyclic) bond motifs is 1. The van der Waals surface area contributed by atoms with E-state index in [0.717, 1.165) is 25.5 Å². The maximum absolute atomic E-state index is 13.8.